The molecule has 0 aromatic carbocycles. The number of hydrogen-bond donors (Lipinski definition) is 2. The minimum atomic E-state index is -0.316. The summed E-state index contributed by atoms with van der Waals surface area (Å²) in [7, 11) is 0. The Morgan fingerprint density at radius 1 is 1.32 bits per heavy atom. The molecule has 0 aromatic heterocycles. The van der Waals surface area contributed by atoms with Crippen LogP contribution in [0.15, 0.2) is 0 Å². The Morgan fingerprint density at radius 3 is 2.58 bits per heavy atom. The molecule has 1 amide bonds. The Bertz CT molecular complexity index is 318. The highest BCUT2D eigenvalue weighted by atomic mass is 16.5. The van der Waals surface area contributed by atoms with Gasteiger partial charge in [0, 0.05) is 18.5 Å². The van der Waals surface area contributed by atoms with E-state index in [0.717, 1.165) is 25.7 Å². The maximum absolute atomic E-state index is 12.0. The van der Waals surface area contributed by atoms with Crippen LogP contribution in [0, 0.1) is 11.8 Å². The second-order valence-electron chi connectivity index (χ2n) is 5.76. The van der Waals surface area contributed by atoms with Crippen LogP contribution in [0.5, 0.6) is 0 Å². The van der Waals surface area contributed by atoms with Crippen molar-refractivity contribution in [3.63, 3.8) is 0 Å². The van der Waals surface area contributed by atoms with Crippen LogP contribution in [0.4, 0.5) is 0 Å². The number of nitrogens with two attached hydrogens (primary N) is 1. The maximum Gasteiger partial charge on any atom is 0.310 e. The molecule has 3 N–H and O–H groups in total. The van der Waals surface area contributed by atoms with Gasteiger partial charge >= 0.3 is 5.97 Å². The quantitative estimate of drug-likeness (QED) is 0.736. The number of nitrogens with one attached hydrogen (secondary N) is 1. The lowest BCUT2D eigenvalue weighted by Gasteiger charge is -2.26. The van der Waals surface area contributed by atoms with Gasteiger partial charge in [-0.2, -0.15) is 0 Å². The number of hydrogen-bond acceptors (Lipinski definition) is 4. The van der Waals surface area contributed by atoms with Crippen LogP contribution in [0.3, 0.4) is 0 Å². The number of ether oxygens (including phenoxy) is 1. The van der Waals surface area contributed by atoms with Gasteiger partial charge in [-0.25, -0.2) is 0 Å². The summed E-state index contributed by atoms with van der Waals surface area (Å²) in [5, 5.41) is 2.83. The monoisotopic (exact) mass is 270 g/mol. The number of carbonyl (C=O) groups is 2. The highest BCUT2D eigenvalue weighted by Gasteiger charge is 2.26. The Labute approximate surface area is 115 Å². The van der Waals surface area contributed by atoms with E-state index in [0.29, 0.717) is 6.54 Å². The minimum Gasteiger partial charge on any atom is -0.463 e. The van der Waals surface area contributed by atoms with Crippen molar-refractivity contribution in [1.29, 1.82) is 0 Å². The third-order valence-electron chi connectivity index (χ3n) is 3.42. The average molecular weight is 270 g/mol. The zero-order chi connectivity index (χ0) is 14.4. The van der Waals surface area contributed by atoms with Crippen molar-refractivity contribution in [2.45, 2.75) is 58.6 Å². The highest BCUT2D eigenvalue weighted by Crippen LogP contribution is 2.23. The summed E-state index contributed by atoms with van der Waals surface area (Å²) in [5.74, 6) is -0.573. The van der Waals surface area contributed by atoms with Gasteiger partial charge in [0.2, 0.25) is 5.91 Å². The fourth-order valence-electron chi connectivity index (χ4n) is 2.30. The molecular formula is C14H26N2O3. The predicted octanol–water partition coefficient (Wildman–Crippen LogP) is 1.21. The average Bonchev–Trinajstić information content (AvgIpc) is 2.34. The summed E-state index contributed by atoms with van der Waals surface area (Å²) in [4.78, 5) is 23.6. The fraction of sp³-hybridized carbons (Fsp3) is 0.857. The lowest BCUT2D eigenvalue weighted by atomic mass is 9.85. The van der Waals surface area contributed by atoms with E-state index in [1.807, 2.05) is 13.8 Å². The molecule has 19 heavy (non-hydrogen) atoms. The molecule has 3 unspecified atom stereocenters. The van der Waals surface area contributed by atoms with Gasteiger partial charge in [0.05, 0.1) is 12.0 Å². The van der Waals surface area contributed by atoms with E-state index in [-0.39, 0.29) is 35.9 Å². The zero-order valence-corrected chi connectivity index (χ0v) is 12.1. The molecule has 5 nitrogen and oxygen atoms in total. The second kappa shape index (κ2) is 7.48. The van der Waals surface area contributed by atoms with Crippen molar-refractivity contribution < 1.29 is 14.3 Å². The van der Waals surface area contributed by atoms with Gasteiger partial charge in [0.15, 0.2) is 0 Å². The number of amides is 1. The topological polar surface area (TPSA) is 81.4 Å². The molecule has 0 radical (unpaired) electrons. The van der Waals surface area contributed by atoms with Crippen LogP contribution >= 0.6 is 0 Å². The van der Waals surface area contributed by atoms with E-state index in [9.17, 15) is 9.59 Å². The molecule has 1 rings (SSSR count). The zero-order valence-electron chi connectivity index (χ0n) is 12.1. The molecule has 0 aromatic rings. The minimum absolute atomic E-state index is 0.00271. The summed E-state index contributed by atoms with van der Waals surface area (Å²) in [5.41, 5.74) is 5.87. The van der Waals surface area contributed by atoms with Crippen LogP contribution in [-0.4, -0.2) is 30.6 Å². The summed E-state index contributed by atoms with van der Waals surface area (Å²) >= 11 is 0. The molecule has 3 atom stereocenters. The molecule has 1 aliphatic rings. The van der Waals surface area contributed by atoms with E-state index < -0.39 is 0 Å². The molecule has 110 valence electrons. The van der Waals surface area contributed by atoms with E-state index in [4.69, 9.17) is 10.5 Å². The van der Waals surface area contributed by atoms with Gasteiger partial charge < -0.3 is 15.8 Å². The van der Waals surface area contributed by atoms with E-state index >= 15 is 0 Å². The van der Waals surface area contributed by atoms with Crippen molar-refractivity contribution in [2.24, 2.45) is 17.6 Å². The molecule has 0 spiro atoms. The summed E-state index contributed by atoms with van der Waals surface area (Å²) in [6, 6.07) is 0.132. The normalized spacial score (nSPS) is 24.9. The van der Waals surface area contributed by atoms with Crippen molar-refractivity contribution in [3.8, 4) is 0 Å². The standard InChI is InChI=1S/C14H26N2O3/c1-9(2)19-14(18)10(3)8-16-13(17)11-5-4-6-12(15)7-11/h9-12H,4-8,15H2,1-3H3,(H,16,17). The molecule has 0 saturated heterocycles. The SMILES string of the molecule is CC(C)OC(=O)C(C)CNC(=O)C1CCCC(N)C1. The summed E-state index contributed by atoms with van der Waals surface area (Å²) in [6.07, 6.45) is 3.52. The molecule has 0 heterocycles. The molecular weight excluding hydrogens is 244 g/mol. The van der Waals surface area contributed by atoms with Crippen LogP contribution in [-0.2, 0) is 14.3 Å². The van der Waals surface area contributed by atoms with E-state index in [1.165, 1.54) is 0 Å². The van der Waals surface area contributed by atoms with Crippen LogP contribution in [0.2, 0.25) is 0 Å². The molecule has 5 heteroatoms. The van der Waals surface area contributed by atoms with E-state index in [1.54, 1.807) is 6.92 Å². The molecule has 1 fully saturated rings. The second-order valence-corrected chi connectivity index (χ2v) is 5.76. The molecule has 1 aliphatic carbocycles. The van der Waals surface area contributed by atoms with Crippen LogP contribution in [0.25, 0.3) is 0 Å². The van der Waals surface area contributed by atoms with Crippen molar-refractivity contribution in [1.82, 2.24) is 5.32 Å². The first-order chi connectivity index (χ1) is 8.90. The first-order valence-electron chi connectivity index (χ1n) is 7.14. The smallest absolute Gasteiger partial charge is 0.310 e. The first-order valence-corrected chi connectivity index (χ1v) is 7.14. The Hall–Kier alpha value is -1.10. The highest BCUT2D eigenvalue weighted by molar-refractivity contribution is 5.80. The van der Waals surface area contributed by atoms with Gasteiger partial charge in [-0.3, -0.25) is 9.59 Å². The Morgan fingerprint density at radius 2 is 2.00 bits per heavy atom. The van der Waals surface area contributed by atoms with Crippen molar-refractivity contribution in [3.05, 3.63) is 0 Å². The molecule has 1 saturated carbocycles. The van der Waals surface area contributed by atoms with Crippen LogP contribution in [0.1, 0.15) is 46.5 Å². The lowest BCUT2D eigenvalue weighted by molar-refractivity contribution is -0.151. The Kier molecular flexibility index (Phi) is 6.28. The van der Waals surface area contributed by atoms with Crippen LogP contribution < -0.4 is 11.1 Å². The van der Waals surface area contributed by atoms with Gasteiger partial charge in [-0.1, -0.05) is 13.3 Å². The Balaban J connectivity index is 2.31. The van der Waals surface area contributed by atoms with E-state index in [2.05, 4.69) is 5.32 Å². The number of carbonyl (C=O) groups excluding carboxylic acids is 2. The number of rotatable bonds is 5. The number of esters is 1. The largest absolute Gasteiger partial charge is 0.463 e. The summed E-state index contributed by atoms with van der Waals surface area (Å²) in [6.45, 7) is 5.72. The fourth-order valence-corrected chi connectivity index (χ4v) is 2.30. The third kappa shape index (κ3) is 5.59. The summed E-state index contributed by atoms with van der Waals surface area (Å²) < 4.78 is 5.10. The van der Waals surface area contributed by atoms with Crippen molar-refractivity contribution in [2.75, 3.05) is 6.54 Å². The third-order valence-corrected chi connectivity index (χ3v) is 3.42. The predicted molar refractivity (Wildman–Crippen MR) is 73.3 cm³/mol. The van der Waals surface area contributed by atoms with Gasteiger partial charge in [-0.15, -0.1) is 0 Å². The van der Waals surface area contributed by atoms with Gasteiger partial charge in [-0.05, 0) is 33.1 Å². The maximum atomic E-state index is 12.0. The van der Waals surface area contributed by atoms with Gasteiger partial charge in [0.25, 0.3) is 0 Å². The first kappa shape index (κ1) is 16.0. The van der Waals surface area contributed by atoms with Gasteiger partial charge in [0.1, 0.15) is 0 Å². The van der Waals surface area contributed by atoms with Crippen molar-refractivity contribution >= 4 is 11.9 Å². The molecule has 0 bridgehead atoms. The lowest BCUT2D eigenvalue weighted by Crippen LogP contribution is -2.40. The molecule has 0 aliphatic heterocycles.